The monoisotopic (exact) mass is 623 g/mol. The number of alkyl halides is 2. The lowest BCUT2D eigenvalue weighted by molar-refractivity contribution is -0.0559. The highest BCUT2D eigenvalue weighted by atomic mass is 32.2. The number of anilines is 1. The molecule has 2 aromatic carbocycles. The highest BCUT2D eigenvalue weighted by Crippen LogP contribution is 2.41. The van der Waals surface area contributed by atoms with E-state index >= 15 is 0 Å². The number of likely N-dealkylation sites (tertiary alicyclic amines) is 1. The van der Waals surface area contributed by atoms with Crippen molar-refractivity contribution in [2.75, 3.05) is 23.6 Å². The summed E-state index contributed by atoms with van der Waals surface area (Å²) in [6.45, 7) is 0.872. The fourth-order valence-corrected chi connectivity index (χ4v) is 6.42. The van der Waals surface area contributed by atoms with E-state index in [0.29, 0.717) is 11.6 Å². The molecule has 0 saturated carbocycles. The first-order chi connectivity index (χ1) is 19.8. The standard InChI is InChI=1S/C28H25F4N3O5S2/c1-3-42(38,39)33-17-6-8-22(40-23-7-5-16(29)11-21(23)30)18(12-17)20-14-34(2)27(37)25-19(20)13-24(41-25)26(36)35-10-4-9-28(31,32)15-35/h5-8,11-14,33H,3-4,9-10,15H2,1-2H3. The zero-order valence-corrected chi connectivity index (χ0v) is 24.1. The molecule has 1 aliphatic rings. The summed E-state index contributed by atoms with van der Waals surface area (Å²) < 4.78 is 90.3. The van der Waals surface area contributed by atoms with Crippen LogP contribution in [0, 0.1) is 11.6 Å². The molecular formula is C28H25F4N3O5S2. The second-order valence-electron chi connectivity index (χ2n) is 9.89. The summed E-state index contributed by atoms with van der Waals surface area (Å²) in [4.78, 5) is 27.5. The topological polar surface area (TPSA) is 97.7 Å². The number of hydrogen-bond donors (Lipinski definition) is 1. The number of amides is 1. The van der Waals surface area contributed by atoms with E-state index in [4.69, 9.17) is 4.74 Å². The first kappa shape index (κ1) is 29.6. The number of aryl methyl sites for hydroxylation is 1. The molecule has 0 bridgehead atoms. The van der Waals surface area contributed by atoms with E-state index in [0.717, 1.165) is 28.4 Å². The molecule has 3 heterocycles. The molecule has 8 nitrogen and oxygen atoms in total. The fraction of sp³-hybridized carbons (Fsp3) is 0.286. The Labute approximate surface area is 242 Å². The number of aromatic nitrogens is 1. The number of nitrogens with zero attached hydrogens (tertiary/aromatic N) is 2. The van der Waals surface area contributed by atoms with Gasteiger partial charge in [-0.25, -0.2) is 26.0 Å². The van der Waals surface area contributed by atoms with Gasteiger partial charge in [-0.3, -0.25) is 14.3 Å². The quantitative estimate of drug-likeness (QED) is 0.256. The molecule has 5 rings (SSSR count). The van der Waals surface area contributed by atoms with Gasteiger partial charge in [-0.1, -0.05) is 0 Å². The van der Waals surface area contributed by atoms with Crippen LogP contribution in [-0.4, -0.2) is 48.6 Å². The van der Waals surface area contributed by atoms with Crippen molar-refractivity contribution in [2.24, 2.45) is 7.05 Å². The number of thiophene rings is 1. The summed E-state index contributed by atoms with van der Waals surface area (Å²) in [7, 11) is -2.22. The van der Waals surface area contributed by atoms with Gasteiger partial charge in [0.15, 0.2) is 11.6 Å². The first-order valence-corrected chi connectivity index (χ1v) is 15.3. The van der Waals surface area contributed by atoms with Gasteiger partial charge in [0, 0.05) is 54.5 Å². The number of pyridine rings is 1. The van der Waals surface area contributed by atoms with Gasteiger partial charge in [-0.2, -0.15) is 0 Å². The van der Waals surface area contributed by atoms with Crippen LogP contribution in [0.3, 0.4) is 0 Å². The van der Waals surface area contributed by atoms with Crippen LogP contribution in [0.25, 0.3) is 21.2 Å². The van der Waals surface area contributed by atoms with Gasteiger partial charge in [0.25, 0.3) is 17.4 Å². The molecule has 2 aromatic heterocycles. The molecule has 1 N–H and O–H groups in total. The summed E-state index contributed by atoms with van der Waals surface area (Å²) in [6.07, 6.45) is 1.27. The van der Waals surface area contributed by atoms with Crippen LogP contribution in [0.1, 0.15) is 29.4 Å². The lowest BCUT2D eigenvalue weighted by atomic mass is 10.0. The summed E-state index contributed by atoms with van der Waals surface area (Å²) in [5.74, 6) is -5.94. The zero-order chi connectivity index (χ0) is 30.4. The van der Waals surface area contributed by atoms with Crippen molar-refractivity contribution >= 4 is 43.0 Å². The van der Waals surface area contributed by atoms with Gasteiger partial charge >= 0.3 is 0 Å². The Kier molecular flexibility index (Phi) is 7.79. The summed E-state index contributed by atoms with van der Waals surface area (Å²) in [6, 6.07) is 8.37. The van der Waals surface area contributed by atoms with Crippen LogP contribution in [0.15, 0.2) is 53.5 Å². The van der Waals surface area contributed by atoms with Crippen molar-refractivity contribution in [1.29, 1.82) is 0 Å². The highest BCUT2D eigenvalue weighted by Gasteiger charge is 2.38. The molecule has 0 unspecified atom stereocenters. The van der Waals surface area contributed by atoms with E-state index in [1.807, 2.05) is 0 Å². The van der Waals surface area contributed by atoms with Gasteiger partial charge in [0.05, 0.1) is 17.2 Å². The van der Waals surface area contributed by atoms with E-state index in [2.05, 4.69) is 4.72 Å². The normalized spacial score (nSPS) is 15.1. The maximum absolute atomic E-state index is 14.5. The third-order valence-corrected chi connectivity index (χ3v) is 9.21. The predicted molar refractivity (Wildman–Crippen MR) is 152 cm³/mol. The Morgan fingerprint density at radius 2 is 1.83 bits per heavy atom. The fourth-order valence-electron chi connectivity index (χ4n) is 4.67. The highest BCUT2D eigenvalue weighted by molar-refractivity contribution is 7.92. The summed E-state index contributed by atoms with van der Waals surface area (Å²) in [5, 5.41) is 0.287. The Bertz CT molecular complexity index is 1870. The maximum Gasteiger partial charge on any atom is 0.268 e. The van der Waals surface area contributed by atoms with Crippen LogP contribution in [-0.2, 0) is 17.1 Å². The number of ether oxygens (including phenoxy) is 1. The largest absolute Gasteiger partial charge is 0.454 e. The Hall–Kier alpha value is -3.91. The molecule has 1 saturated heterocycles. The van der Waals surface area contributed by atoms with Crippen LogP contribution < -0.4 is 15.0 Å². The molecule has 0 atom stereocenters. The minimum atomic E-state index is -3.70. The van der Waals surface area contributed by atoms with E-state index in [1.54, 1.807) is 0 Å². The smallest absolute Gasteiger partial charge is 0.268 e. The number of piperidine rings is 1. The summed E-state index contributed by atoms with van der Waals surface area (Å²) in [5.41, 5.74) is 0.234. The van der Waals surface area contributed by atoms with Gasteiger partial charge in [0.2, 0.25) is 10.0 Å². The van der Waals surface area contributed by atoms with E-state index in [9.17, 15) is 35.6 Å². The van der Waals surface area contributed by atoms with Crippen LogP contribution in [0.4, 0.5) is 23.2 Å². The number of fused-ring (bicyclic) bond motifs is 1. The van der Waals surface area contributed by atoms with Crippen molar-refractivity contribution < 1.29 is 35.5 Å². The molecule has 1 fully saturated rings. The van der Waals surface area contributed by atoms with Gasteiger partial charge in [-0.05, 0) is 49.7 Å². The molecule has 0 radical (unpaired) electrons. The van der Waals surface area contributed by atoms with Crippen molar-refractivity contribution in [3.05, 3.63) is 75.5 Å². The molecule has 222 valence electrons. The number of sulfonamides is 1. The maximum atomic E-state index is 14.5. The molecular weight excluding hydrogens is 598 g/mol. The van der Waals surface area contributed by atoms with Gasteiger partial charge < -0.3 is 14.2 Å². The molecule has 1 amide bonds. The summed E-state index contributed by atoms with van der Waals surface area (Å²) >= 11 is 0.857. The zero-order valence-electron chi connectivity index (χ0n) is 22.4. The number of benzene rings is 2. The Morgan fingerprint density at radius 3 is 2.52 bits per heavy atom. The third kappa shape index (κ3) is 6.00. The van der Waals surface area contributed by atoms with Crippen molar-refractivity contribution in [2.45, 2.75) is 25.7 Å². The van der Waals surface area contributed by atoms with Crippen LogP contribution in [0.5, 0.6) is 11.5 Å². The molecule has 1 aliphatic heterocycles. The van der Waals surface area contributed by atoms with Gasteiger partial charge in [-0.15, -0.1) is 11.3 Å². The second kappa shape index (κ2) is 11.1. The molecule has 0 spiro atoms. The SMILES string of the molecule is CCS(=O)(=O)Nc1ccc(Oc2ccc(F)cc2F)c(-c2cn(C)c(=O)c3sc(C(=O)N4CCCC(F)(F)C4)cc23)c1. The number of halogens is 4. The van der Waals surface area contributed by atoms with Gasteiger partial charge in [0.1, 0.15) is 16.3 Å². The van der Waals surface area contributed by atoms with Crippen molar-refractivity contribution in [3.63, 3.8) is 0 Å². The average molecular weight is 624 g/mol. The third-order valence-electron chi connectivity index (χ3n) is 6.79. The second-order valence-corrected chi connectivity index (χ2v) is 13.0. The lowest BCUT2D eigenvalue weighted by Crippen LogP contribution is -2.45. The van der Waals surface area contributed by atoms with Crippen LogP contribution in [0.2, 0.25) is 0 Å². The lowest BCUT2D eigenvalue weighted by Gasteiger charge is -2.32. The Morgan fingerprint density at radius 1 is 1.10 bits per heavy atom. The minimum absolute atomic E-state index is 0.0367. The number of hydrogen-bond acceptors (Lipinski definition) is 6. The molecule has 14 heteroatoms. The first-order valence-electron chi connectivity index (χ1n) is 12.8. The number of nitrogens with one attached hydrogen (secondary N) is 1. The predicted octanol–water partition coefficient (Wildman–Crippen LogP) is 5.97. The number of carbonyl (C=O) groups is 1. The van der Waals surface area contributed by atoms with Crippen molar-refractivity contribution in [3.8, 4) is 22.6 Å². The Balaban J connectivity index is 1.67. The van der Waals surface area contributed by atoms with E-state index < -0.39 is 45.6 Å². The molecule has 42 heavy (non-hydrogen) atoms. The van der Waals surface area contributed by atoms with Crippen LogP contribution >= 0.6 is 11.3 Å². The minimum Gasteiger partial charge on any atom is -0.454 e. The van der Waals surface area contributed by atoms with E-state index in [1.165, 1.54) is 49.0 Å². The molecule has 0 aliphatic carbocycles. The van der Waals surface area contributed by atoms with E-state index in [-0.39, 0.29) is 62.9 Å². The number of carbonyl (C=O) groups excluding carboxylic acids is 1. The van der Waals surface area contributed by atoms with Crippen molar-refractivity contribution in [1.82, 2.24) is 9.47 Å². The molecule has 4 aromatic rings. The number of rotatable bonds is 7. The average Bonchev–Trinajstić information content (AvgIpc) is 3.38.